The van der Waals surface area contributed by atoms with E-state index in [4.69, 9.17) is 0 Å². The molecule has 24 heavy (non-hydrogen) atoms. The first kappa shape index (κ1) is 16.0. The molecule has 1 fully saturated rings. The van der Waals surface area contributed by atoms with Crippen LogP contribution in [-0.2, 0) is 0 Å². The normalized spacial score (nSPS) is 14.5. The summed E-state index contributed by atoms with van der Waals surface area (Å²) in [5.41, 5.74) is 3.73. The zero-order valence-electron chi connectivity index (χ0n) is 13.5. The molecule has 124 valence electrons. The maximum atomic E-state index is 11.2. The second-order valence-electron chi connectivity index (χ2n) is 5.88. The summed E-state index contributed by atoms with van der Waals surface area (Å²) in [7, 11) is 0. The van der Waals surface area contributed by atoms with Gasteiger partial charge in [0, 0.05) is 55.2 Å². The smallest absolute Gasteiger partial charge is 0.269 e. The summed E-state index contributed by atoms with van der Waals surface area (Å²) in [6, 6.07) is 12.6. The van der Waals surface area contributed by atoms with Crippen molar-refractivity contribution in [2.45, 2.75) is 6.92 Å². The first-order valence-corrected chi connectivity index (χ1v) is 7.89. The lowest BCUT2D eigenvalue weighted by Gasteiger charge is -2.38. The van der Waals surface area contributed by atoms with Crippen LogP contribution >= 0.6 is 0 Å². The molecule has 0 saturated carbocycles. The van der Waals surface area contributed by atoms with Gasteiger partial charge in [-0.2, -0.15) is 0 Å². The quantitative estimate of drug-likeness (QED) is 0.491. The highest BCUT2D eigenvalue weighted by Gasteiger charge is 2.21. The first-order valence-electron chi connectivity index (χ1n) is 7.89. The number of benzene rings is 2. The molecular weight excluding hydrogens is 306 g/mol. The van der Waals surface area contributed by atoms with Gasteiger partial charge in [-0.1, -0.05) is 12.1 Å². The van der Waals surface area contributed by atoms with Gasteiger partial charge in [-0.25, -0.2) is 0 Å². The Labute approximate surface area is 140 Å². The second-order valence-corrected chi connectivity index (χ2v) is 5.88. The van der Waals surface area contributed by atoms with Gasteiger partial charge in [0.05, 0.1) is 4.92 Å². The number of piperazine rings is 1. The third kappa shape index (κ3) is 3.08. The van der Waals surface area contributed by atoms with E-state index < -0.39 is 0 Å². The fraction of sp³-hybridized carbons (Fsp3) is 0.278. The molecule has 0 N–H and O–H groups in total. The van der Waals surface area contributed by atoms with Gasteiger partial charge < -0.3 is 9.80 Å². The predicted octanol–water partition coefficient (Wildman–Crippen LogP) is 3.04. The minimum Gasteiger partial charge on any atom is -0.368 e. The van der Waals surface area contributed by atoms with E-state index in [1.165, 1.54) is 0 Å². The van der Waals surface area contributed by atoms with Gasteiger partial charge >= 0.3 is 0 Å². The Morgan fingerprint density at radius 3 is 2.21 bits per heavy atom. The van der Waals surface area contributed by atoms with Crippen molar-refractivity contribution in [3.05, 3.63) is 63.7 Å². The third-order valence-electron chi connectivity index (χ3n) is 4.42. The highest BCUT2D eigenvalue weighted by molar-refractivity contribution is 5.84. The fourth-order valence-corrected chi connectivity index (χ4v) is 3.17. The number of aryl methyl sites for hydroxylation is 1. The van der Waals surface area contributed by atoms with E-state index in [0.29, 0.717) is 5.56 Å². The third-order valence-corrected chi connectivity index (χ3v) is 4.42. The van der Waals surface area contributed by atoms with Crippen LogP contribution in [0.25, 0.3) is 0 Å². The van der Waals surface area contributed by atoms with Crippen molar-refractivity contribution in [1.82, 2.24) is 0 Å². The van der Waals surface area contributed by atoms with Crippen LogP contribution in [0, 0.1) is 17.0 Å². The summed E-state index contributed by atoms with van der Waals surface area (Å²) in [5.74, 6) is 0. The summed E-state index contributed by atoms with van der Waals surface area (Å²) in [5, 5.41) is 10.9. The monoisotopic (exact) mass is 325 g/mol. The van der Waals surface area contributed by atoms with Gasteiger partial charge in [0.25, 0.3) is 5.69 Å². The number of nitro benzene ring substituents is 1. The Hall–Kier alpha value is -2.89. The number of carbonyl (C=O) groups is 1. The molecule has 0 bridgehead atoms. The van der Waals surface area contributed by atoms with Crippen LogP contribution in [0.2, 0.25) is 0 Å². The topological polar surface area (TPSA) is 66.7 Å². The maximum Gasteiger partial charge on any atom is 0.269 e. The molecule has 0 spiro atoms. The van der Waals surface area contributed by atoms with Crippen molar-refractivity contribution < 1.29 is 9.72 Å². The van der Waals surface area contributed by atoms with E-state index in [1.807, 2.05) is 37.3 Å². The SMILES string of the molecule is Cc1cc([N+](=O)[O-])ccc1N1CCN(c2ccccc2C=O)CC1. The Balaban J connectivity index is 1.73. The van der Waals surface area contributed by atoms with Gasteiger partial charge in [0.2, 0.25) is 0 Å². The maximum absolute atomic E-state index is 11.2. The fourth-order valence-electron chi connectivity index (χ4n) is 3.17. The van der Waals surface area contributed by atoms with Crippen molar-refractivity contribution in [3.8, 4) is 0 Å². The molecule has 1 heterocycles. The molecular formula is C18H19N3O3. The van der Waals surface area contributed by atoms with E-state index in [2.05, 4.69) is 9.80 Å². The number of hydrogen-bond acceptors (Lipinski definition) is 5. The molecule has 0 atom stereocenters. The molecule has 0 amide bonds. The summed E-state index contributed by atoms with van der Waals surface area (Å²) in [6.07, 6.45) is 0.891. The zero-order chi connectivity index (χ0) is 17.1. The number of anilines is 2. The minimum absolute atomic E-state index is 0.120. The highest BCUT2D eigenvalue weighted by atomic mass is 16.6. The number of nitro groups is 1. The van der Waals surface area contributed by atoms with Gasteiger partial charge in [0.1, 0.15) is 0 Å². The van der Waals surface area contributed by atoms with E-state index in [-0.39, 0.29) is 10.6 Å². The molecule has 1 saturated heterocycles. The van der Waals surface area contributed by atoms with Crippen LogP contribution in [0.15, 0.2) is 42.5 Å². The average molecular weight is 325 g/mol. The van der Waals surface area contributed by atoms with Crippen LogP contribution in [-0.4, -0.2) is 37.4 Å². The number of para-hydroxylation sites is 1. The van der Waals surface area contributed by atoms with Gasteiger partial charge in [-0.05, 0) is 30.7 Å². The summed E-state index contributed by atoms with van der Waals surface area (Å²) in [4.78, 5) is 26.1. The van der Waals surface area contributed by atoms with Crippen LogP contribution in [0.4, 0.5) is 17.1 Å². The minimum atomic E-state index is -0.370. The van der Waals surface area contributed by atoms with Crippen molar-refractivity contribution in [1.29, 1.82) is 0 Å². The molecule has 0 unspecified atom stereocenters. The lowest BCUT2D eigenvalue weighted by Crippen LogP contribution is -2.47. The molecule has 2 aromatic carbocycles. The summed E-state index contributed by atoms with van der Waals surface area (Å²) >= 11 is 0. The number of nitrogens with zero attached hydrogens (tertiary/aromatic N) is 3. The standard InChI is InChI=1S/C18H19N3O3/c1-14-12-16(21(23)24)6-7-17(14)19-8-10-20(11-9-19)18-5-3-2-4-15(18)13-22/h2-7,12-13H,8-11H2,1H3. The lowest BCUT2D eigenvalue weighted by atomic mass is 10.1. The highest BCUT2D eigenvalue weighted by Crippen LogP contribution is 2.27. The molecule has 2 aromatic rings. The van der Waals surface area contributed by atoms with E-state index >= 15 is 0 Å². The van der Waals surface area contributed by atoms with E-state index in [0.717, 1.165) is 49.4 Å². The first-order chi connectivity index (χ1) is 11.6. The van der Waals surface area contributed by atoms with Crippen LogP contribution < -0.4 is 9.80 Å². The number of carbonyl (C=O) groups excluding carboxylic acids is 1. The second kappa shape index (κ2) is 6.70. The molecule has 0 aliphatic carbocycles. The van der Waals surface area contributed by atoms with Crippen LogP contribution in [0.1, 0.15) is 15.9 Å². The molecule has 6 heteroatoms. The Morgan fingerprint density at radius 2 is 1.62 bits per heavy atom. The zero-order valence-corrected chi connectivity index (χ0v) is 13.5. The molecule has 6 nitrogen and oxygen atoms in total. The molecule has 1 aliphatic rings. The molecule has 1 aliphatic heterocycles. The van der Waals surface area contributed by atoms with Crippen molar-refractivity contribution >= 4 is 23.3 Å². The molecule has 0 aromatic heterocycles. The molecule has 0 radical (unpaired) electrons. The van der Waals surface area contributed by atoms with Crippen LogP contribution in [0.3, 0.4) is 0 Å². The Bertz CT molecular complexity index is 768. The number of rotatable bonds is 4. The van der Waals surface area contributed by atoms with Crippen molar-refractivity contribution in [3.63, 3.8) is 0 Å². The summed E-state index contributed by atoms with van der Waals surface area (Å²) < 4.78 is 0. The van der Waals surface area contributed by atoms with Crippen molar-refractivity contribution in [2.24, 2.45) is 0 Å². The van der Waals surface area contributed by atoms with E-state index in [9.17, 15) is 14.9 Å². The van der Waals surface area contributed by atoms with Crippen molar-refractivity contribution in [2.75, 3.05) is 36.0 Å². The number of non-ortho nitro benzene ring substituents is 1. The van der Waals surface area contributed by atoms with Gasteiger partial charge in [-0.3, -0.25) is 14.9 Å². The Kier molecular flexibility index (Phi) is 4.46. The number of hydrogen-bond donors (Lipinski definition) is 0. The number of aldehydes is 1. The average Bonchev–Trinajstić information content (AvgIpc) is 2.61. The Morgan fingerprint density at radius 1 is 1.00 bits per heavy atom. The van der Waals surface area contributed by atoms with E-state index in [1.54, 1.807) is 12.1 Å². The summed E-state index contributed by atoms with van der Waals surface area (Å²) in [6.45, 7) is 5.14. The van der Waals surface area contributed by atoms with Gasteiger partial charge in [0.15, 0.2) is 6.29 Å². The van der Waals surface area contributed by atoms with Gasteiger partial charge in [-0.15, -0.1) is 0 Å². The predicted molar refractivity (Wildman–Crippen MR) is 94.1 cm³/mol. The van der Waals surface area contributed by atoms with Crippen LogP contribution in [0.5, 0.6) is 0 Å². The molecule has 3 rings (SSSR count). The lowest BCUT2D eigenvalue weighted by molar-refractivity contribution is -0.384. The largest absolute Gasteiger partial charge is 0.368 e.